The van der Waals surface area contributed by atoms with Crippen LogP contribution in [-0.2, 0) is 15.9 Å². The van der Waals surface area contributed by atoms with Gasteiger partial charge in [-0.05, 0) is 87.2 Å². The van der Waals surface area contributed by atoms with Crippen LogP contribution in [0.1, 0.15) is 49.0 Å². The SMILES string of the molecule is CCOC(=O)N1CCc2c([nH]c3ccc(Cl)cc23)C1c1ccc(OCCCCNCCCOC)cc1. The summed E-state index contributed by atoms with van der Waals surface area (Å²) in [7, 11) is 1.73. The zero-order valence-corrected chi connectivity index (χ0v) is 21.9. The van der Waals surface area contributed by atoms with Gasteiger partial charge in [-0.1, -0.05) is 23.7 Å². The van der Waals surface area contributed by atoms with Crippen LogP contribution in [0.25, 0.3) is 10.9 Å². The van der Waals surface area contributed by atoms with E-state index >= 15 is 0 Å². The third-order valence-corrected chi connectivity index (χ3v) is 6.74. The van der Waals surface area contributed by atoms with Gasteiger partial charge in [0, 0.05) is 41.9 Å². The number of fused-ring (bicyclic) bond motifs is 3. The highest BCUT2D eigenvalue weighted by Crippen LogP contribution is 2.39. The van der Waals surface area contributed by atoms with E-state index in [1.54, 1.807) is 12.0 Å². The summed E-state index contributed by atoms with van der Waals surface area (Å²) in [6.45, 7) is 6.17. The first-order chi connectivity index (χ1) is 17.6. The van der Waals surface area contributed by atoms with Gasteiger partial charge in [0.2, 0.25) is 0 Å². The van der Waals surface area contributed by atoms with Crippen LogP contribution >= 0.6 is 11.6 Å². The Hall–Kier alpha value is -2.74. The van der Waals surface area contributed by atoms with Crippen LogP contribution in [0.3, 0.4) is 0 Å². The van der Waals surface area contributed by atoms with Gasteiger partial charge in [-0.15, -0.1) is 0 Å². The van der Waals surface area contributed by atoms with Crippen molar-refractivity contribution in [2.45, 2.75) is 38.6 Å². The van der Waals surface area contributed by atoms with E-state index in [0.29, 0.717) is 24.8 Å². The van der Waals surface area contributed by atoms with Crippen LogP contribution in [0.4, 0.5) is 4.79 Å². The first kappa shape index (κ1) is 26.3. The minimum atomic E-state index is -0.305. The predicted molar refractivity (Wildman–Crippen MR) is 143 cm³/mol. The Morgan fingerprint density at radius 2 is 1.92 bits per heavy atom. The van der Waals surface area contributed by atoms with E-state index in [4.69, 9.17) is 25.8 Å². The molecule has 4 rings (SSSR count). The second kappa shape index (κ2) is 13.0. The van der Waals surface area contributed by atoms with Crippen molar-refractivity contribution in [1.29, 1.82) is 0 Å². The van der Waals surface area contributed by atoms with Crippen LogP contribution < -0.4 is 10.1 Å². The van der Waals surface area contributed by atoms with Crippen molar-refractivity contribution in [2.75, 3.05) is 46.6 Å². The molecule has 8 heteroatoms. The Kier molecular flexibility index (Phi) is 9.50. The normalized spacial score (nSPS) is 15.2. The number of unbranched alkanes of at least 4 members (excludes halogenated alkanes) is 1. The Balaban J connectivity index is 1.43. The number of carbonyl (C=O) groups is 1. The third-order valence-electron chi connectivity index (χ3n) is 6.51. The molecule has 0 aliphatic carbocycles. The Morgan fingerprint density at radius 1 is 1.11 bits per heavy atom. The van der Waals surface area contributed by atoms with Gasteiger partial charge in [0.15, 0.2) is 0 Å². The quantitative estimate of drug-likeness (QED) is 0.303. The van der Waals surface area contributed by atoms with E-state index in [1.807, 2.05) is 49.4 Å². The lowest BCUT2D eigenvalue weighted by Gasteiger charge is -2.35. The smallest absolute Gasteiger partial charge is 0.410 e. The molecule has 1 unspecified atom stereocenters. The fraction of sp³-hybridized carbons (Fsp3) is 0.464. The highest BCUT2D eigenvalue weighted by molar-refractivity contribution is 6.31. The number of halogens is 1. The molecule has 0 saturated carbocycles. The minimum Gasteiger partial charge on any atom is -0.494 e. The molecule has 2 heterocycles. The molecular formula is C28H36ClN3O4. The zero-order valence-electron chi connectivity index (χ0n) is 21.1. The predicted octanol–water partition coefficient (Wildman–Crippen LogP) is 5.71. The number of nitrogens with zero attached hydrogens (tertiary/aromatic N) is 1. The summed E-state index contributed by atoms with van der Waals surface area (Å²) in [6.07, 6.45) is 3.52. The summed E-state index contributed by atoms with van der Waals surface area (Å²) in [5.74, 6) is 0.828. The van der Waals surface area contributed by atoms with Crippen molar-refractivity contribution in [3.8, 4) is 5.75 Å². The Morgan fingerprint density at radius 3 is 2.69 bits per heavy atom. The number of amides is 1. The standard InChI is InChI=1S/C28H36ClN3O4/c1-3-35-28(33)32-16-13-23-24-19-21(29)9-12-25(24)31-26(23)27(32)20-7-10-22(11-8-20)36-18-5-4-14-30-15-6-17-34-2/h7-12,19,27,30-31H,3-6,13-18H2,1-2H3. The number of ether oxygens (including phenoxy) is 3. The first-order valence-corrected chi connectivity index (χ1v) is 13.2. The number of rotatable bonds is 12. The molecule has 0 saturated heterocycles. The number of aromatic amines is 1. The molecule has 36 heavy (non-hydrogen) atoms. The van der Waals surface area contributed by atoms with Crippen LogP contribution in [0.15, 0.2) is 42.5 Å². The fourth-order valence-electron chi connectivity index (χ4n) is 4.77. The number of aromatic nitrogens is 1. The highest BCUT2D eigenvalue weighted by Gasteiger charge is 2.35. The minimum absolute atomic E-state index is 0.266. The van der Waals surface area contributed by atoms with Crippen LogP contribution in [0.2, 0.25) is 5.02 Å². The second-order valence-corrected chi connectivity index (χ2v) is 9.41. The maximum Gasteiger partial charge on any atom is 0.410 e. The molecule has 7 nitrogen and oxygen atoms in total. The number of methoxy groups -OCH3 is 1. The molecule has 1 aromatic heterocycles. The van der Waals surface area contributed by atoms with Gasteiger partial charge >= 0.3 is 6.09 Å². The molecule has 1 amide bonds. The van der Waals surface area contributed by atoms with E-state index in [2.05, 4.69) is 10.3 Å². The highest BCUT2D eigenvalue weighted by atomic mass is 35.5. The van der Waals surface area contributed by atoms with Gasteiger partial charge < -0.3 is 24.5 Å². The molecule has 1 aliphatic heterocycles. The number of nitrogens with one attached hydrogen (secondary N) is 2. The Labute approximate surface area is 218 Å². The first-order valence-electron chi connectivity index (χ1n) is 12.8. The van der Waals surface area contributed by atoms with Crippen LogP contribution in [0, 0.1) is 0 Å². The van der Waals surface area contributed by atoms with Crippen molar-refractivity contribution in [1.82, 2.24) is 15.2 Å². The van der Waals surface area contributed by atoms with Crippen LogP contribution in [-0.4, -0.2) is 62.5 Å². The van der Waals surface area contributed by atoms with E-state index in [0.717, 1.165) is 73.3 Å². The molecule has 1 aliphatic rings. The summed E-state index contributed by atoms with van der Waals surface area (Å²) < 4.78 is 16.4. The number of carbonyl (C=O) groups excluding carboxylic acids is 1. The van der Waals surface area contributed by atoms with Gasteiger partial charge in [0.1, 0.15) is 11.8 Å². The monoisotopic (exact) mass is 513 g/mol. The van der Waals surface area contributed by atoms with Gasteiger partial charge in [0.25, 0.3) is 0 Å². The lowest BCUT2D eigenvalue weighted by Crippen LogP contribution is -2.40. The third kappa shape index (κ3) is 6.33. The van der Waals surface area contributed by atoms with Crippen molar-refractivity contribution < 1.29 is 19.0 Å². The Bertz CT molecular complexity index is 1130. The summed E-state index contributed by atoms with van der Waals surface area (Å²) in [5, 5.41) is 5.23. The van der Waals surface area contributed by atoms with E-state index < -0.39 is 0 Å². The molecule has 1 atom stereocenters. The fourth-order valence-corrected chi connectivity index (χ4v) is 4.94. The molecule has 2 N–H and O–H groups in total. The zero-order chi connectivity index (χ0) is 25.3. The van der Waals surface area contributed by atoms with Gasteiger partial charge in [-0.25, -0.2) is 4.79 Å². The number of benzene rings is 2. The van der Waals surface area contributed by atoms with Crippen LogP contribution in [0.5, 0.6) is 5.75 Å². The van der Waals surface area contributed by atoms with Gasteiger partial charge in [-0.2, -0.15) is 0 Å². The second-order valence-electron chi connectivity index (χ2n) is 8.97. The summed E-state index contributed by atoms with van der Waals surface area (Å²) in [4.78, 5) is 18.2. The number of hydrogen-bond acceptors (Lipinski definition) is 5. The average molecular weight is 514 g/mol. The average Bonchev–Trinajstić information content (AvgIpc) is 3.25. The topological polar surface area (TPSA) is 75.8 Å². The molecule has 0 fully saturated rings. The molecule has 0 spiro atoms. The summed E-state index contributed by atoms with van der Waals surface area (Å²) in [6, 6.07) is 13.6. The molecule has 2 aromatic carbocycles. The molecule has 3 aromatic rings. The number of H-pyrrole nitrogens is 1. The number of hydrogen-bond donors (Lipinski definition) is 2. The maximum absolute atomic E-state index is 12.9. The lowest BCUT2D eigenvalue weighted by molar-refractivity contribution is 0.0932. The van der Waals surface area contributed by atoms with Crippen molar-refractivity contribution in [3.63, 3.8) is 0 Å². The van der Waals surface area contributed by atoms with E-state index in [-0.39, 0.29) is 12.1 Å². The van der Waals surface area contributed by atoms with Crippen molar-refractivity contribution >= 4 is 28.6 Å². The van der Waals surface area contributed by atoms with E-state index in [1.165, 1.54) is 5.56 Å². The van der Waals surface area contributed by atoms with Crippen molar-refractivity contribution in [3.05, 3.63) is 64.3 Å². The molecular weight excluding hydrogens is 478 g/mol. The lowest BCUT2D eigenvalue weighted by atomic mass is 9.92. The summed E-state index contributed by atoms with van der Waals surface area (Å²) >= 11 is 6.28. The molecule has 0 radical (unpaired) electrons. The van der Waals surface area contributed by atoms with Gasteiger partial charge in [-0.3, -0.25) is 4.90 Å². The maximum atomic E-state index is 12.9. The largest absolute Gasteiger partial charge is 0.494 e. The summed E-state index contributed by atoms with van der Waals surface area (Å²) in [5.41, 5.74) is 4.25. The van der Waals surface area contributed by atoms with Gasteiger partial charge in [0.05, 0.1) is 13.2 Å². The molecule has 0 bridgehead atoms. The van der Waals surface area contributed by atoms with E-state index in [9.17, 15) is 4.79 Å². The molecule has 194 valence electrons. The van der Waals surface area contributed by atoms with Crippen molar-refractivity contribution in [2.24, 2.45) is 0 Å².